The van der Waals surface area contributed by atoms with Gasteiger partial charge in [-0.1, -0.05) is 11.2 Å². The van der Waals surface area contributed by atoms with E-state index in [1.165, 1.54) is 0 Å². The minimum atomic E-state index is -0.325. The van der Waals surface area contributed by atoms with Crippen LogP contribution in [0.25, 0.3) is 0 Å². The maximum Gasteiger partial charge on any atom is 0.256 e. The van der Waals surface area contributed by atoms with Crippen molar-refractivity contribution in [2.75, 3.05) is 5.32 Å². The molecule has 0 saturated heterocycles. The number of benzene rings is 1. The minimum absolute atomic E-state index is 0.232. The maximum absolute atomic E-state index is 12.1. The maximum atomic E-state index is 12.1. The average Bonchev–Trinajstić information content (AvgIpc) is 3.05. The molecule has 2 heterocycles. The Kier molecular flexibility index (Phi) is 4.84. The highest BCUT2D eigenvalue weighted by Crippen LogP contribution is 2.11. The molecule has 7 nitrogen and oxygen atoms in total. The first-order valence-electron chi connectivity index (χ1n) is 7.64. The van der Waals surface area contributed by atoms with Crippen LogP contribution in [0, 0.1) is 6.92 Å². The van der Waals surface area contributed by atoms with E-state index in [1.54, 1.807) is 43.5 Å². The summed E-state index contributed by atoms with van der Waals surface area (Å²) in [5.41, 5.74) is 1.65. The number of aromatic nitrogens is 2. The number of carbonyl (C=O) groups is 2. The number of aryl methyl sites for hydroxylation is 1. The van der Waals surface area contributed by atoms with Crippen LogP contribution >= 0.6 is 0 Å². The fraction of sp³-hybridized carbons (Fsp3) is 0.111. The Labute approximate surface area is 144 Å². The van der Waals surface area contributed by atoms with E-state index in [9.17, 15) is 9.59 Å². The Morgan fingerprint density at radius 1 is 1.04 bits per heavy atom. The van der Waals surface area contributed by atoms with E-state index < -0.39 is 0 Å². The number of anilines is 1. The fourth-order valence-corrected chi connectivity index (χ4v) is 2.16. The first-order chi connectivity index (χ1) is 12.1. The summed E-state index contributed by atoms with van der Waals surface area (Å²) in [6.45, 7) is 2.08. The highest BCUT2D eigenvalue weighted by molar-refractivity contribution is 6.04. The number of nitrogens with zero attached hydrogens (tertiary/aromatic N) is 2. The normalized spacial score (nSPS) is 10.3. The topological polar surface area (TPSA) is 97.1 Å². The molecule has 7 heteroatoms. The standard InChI is InChI=1S/C18H16N4O3/c1-12-10-16(22-25-12)21-18(24)14-7-5-13(6-8-14)17(23)20-11-15-4-2-3-9-19-15/h2-10H,11H2,1H3,(H,20,23)(H,21,22,24). The number of pyridine rings is 1. The third-order valence-electron chi connectivity index (χ3n) is 3.44. The SMILES string of the molecule is Cc1cc(NC(=O)c2ccc(C(=O)NCc3ccccn3)cc2)no1. The zero-order valence-electron chi connectivity index (χ0n) is 13.5. The van der Waals surface area contributed by atoms with Crippen molar-refractivity contribution in [3.05, 3.63) is 77.3 Å². The summed E-state index contributed by atoms with van der Waals surface area (Å²) in [5.74, 6) is 0.397. The molecular weight excluding hydrogens is 320 g/mol. The summed E-state index contributed by atoms with van der Waals surface area (Å²) < 4.78 is 4.89. The van der Waals surface area contributed by atoms with Gasteiger partial charge in [0.2, 0.25) is 0 Å². The Balaban J connectivity index is 1.59. The summed E-state index contributed by atoms with van der Waals surface area (Å²) in [5, 5.41) is 9.11. The Bertz CT molecular complexity index is 873. The number of carbonyl (C=O) groups excluding carboxylic acids is 2. The molecule has 2 N–H and O–H groups in total. The van der Waals surface area contributed by atoms with Gasteiger partial charge in [-0.2, -0.15) is 0 Å². The molecule has 0 aliphatic heterocycles. The van der Waals surface area contributed by atoms with Gasteiger partial charge in [-0.3, -0.25) is 14.6 Å². The lowest BCUT2D eigenvalue weighted by Gasteiger charge is -2.06. The second-order valence-electron chi connectivity index (χ2n) is 5.36. The Hall–Kier alpha value is -3.48. The minimum Gasteiger partial charge on any atom is -0.360 e. The monoisotopic (exact) mass is 336 g/mol. The van der Waals surface area contributed by atoms with Crippen molar-refractivity contribution in [3.8, 4) is 0 Å². The molecule has 0 bridgehead atoms. The van der Waals surface area contributed by atoms with Crippen LogP contribution < -0.4 is 10.6 Å². The van der Waals surface area contributed by atoms with Crippen LogP contribution in [0.5, 0.6) is 0 Å². The highest BCUT2D eigenvalue weighted by atomic mass is 16.5. The van der Waals surface area contributed by atoms with Crippen LogP contribution in [-0.4, -0.2) is 22.0 Å². The lowest BCUT2D eigenvalue weighted by molar-refractivity contribution is 0.0948. The van der Waals surface area contributed by atoms with Gasteiger partial charge in [0.25, 0.3) is 11.8 Å². The van der Waals surface area contributed by atoms with Crippen molar-refractivity contribution in [2.45, 2.75) is 13.5 Å². The van der Waals surface area contributed by atoms with Gasteiger partial charge in [-0.15, -0.1) is 0 Å². The third-order valence-corrected chi connectivity index (χ3v) is 3.44. The molecule has 0 saturated carbocycles. The van der Waals surface area contributed by atoms with Crippen molar-refractivity contribution in [2.24, 2.45) is 0 Å². The van der Waals surface area contributed by atoms with Crippen molar-refractivity contribution < 1.29 is 14.1 Å². The molecule has 0 spiro atoms. The van der Waals surface area contributed by atoms with Crippen molar-refractivity contribution >= 4 is 17.6 Å². The fourth-order valence-electron chi connectivity index (χ4n) is 2.16. The molecule has 0 radical (unpaired) electrons. The lowest BCUT2D eigenvalue weighted by Crippen LogP contribution is -2.23. The van der Waals surface area contributed by atoms with Crippen LogP contribution in [0.3, 0.4) is 0 Å². The summed E-state index contributed by atoms with van der Waals surface area (Å²) in [4.78, 5) is 28.4. The van der Waals surface area contributed by atoms with Crippen LogP contribution in [0.15, 0.2) is 59.3 Å². The van der Waals surface area contributed by atoms with Gasteiger partial charge in [-0.05, 0) is 43.3 Å². The smallest absolute Gasteiger partial charge is 0.256 e. The summed E-state index contributed by atoms with van der Waals surface area (Å²) >= 11 is 0. The molecule has 0 atom stereocenters. The molecule has 2 amide bonds. The molecule has 25 heavy (non-hydrogen) atoms. The number of nitrogens with one attached hydrogen (secondary N) is 2. The van der Waals surface area contributed by atoms with E-state index in [0.29, 0.717) is 29.2 Å². The number of hydrogen-bond donors (Lipinski definition) is 2. The van der Waals surface area contributed by atoms with Gasteiger partial charge in [-0.25, -0.2) is 0 Å². The molecule has 1 aromatic carbocycles. The van der Waals surface area contributed by atoms with Crippen molar-refractivity contribution in [1.29, 1.82) is 0 Å². The molecular formula is C18H16N4O3. The van der Waals surface area contributed by atoms with Crippen LogP contribution in [-0.2, 0) is 6.54 Å². The summed E-state index contributed by atoms with van der Waals surface area (Å²) in [6.07, 6.45) is 1.67. The quantitative estimate of drug-likeness (QED) is 0.746. The third kappa shape index (κ3) is 4.29. The Morgan fingerprint density at radius 3 is 2.36 bits per heavy atom. The largest absolute Gasteiger partial charge is 0.360 e. The second kappa shape index (κ2) is 7.39. The van der Waals surface area contributed by atoms with Gasteiger partial charge in [0.05, 0.1) is 12.2 Å². The molecule has 3 aromatic rings. The van der Waals surface area contributed by atoms with Crippen molar-refractivity contribution in [3.63, 3.8) is 0 Å². The molecule has 126 valence electrons. The van der Waals surface area contributed by atoms with E-state index in [4.69, 9.17) is 4.52 Å². The van der Waals surface area contributed by atoms with E-state index in [2.05, 4.69) is 20.8 Å². The molecule has 2 aromatic heterocycles. The van der Waals surface area contributed by atoms with Crippen molar-refractivity contribution in [1.82, 2.24) is 15.5 Å². The predicted octanol–water partition coefficient (Wildman–Crippen LogP) is 2.56. The molecule has 0 fully saturated rings. The van der Waals surface area contributed by atoms with Gasteiger partial charge < -0.3 is 15.2 Å². The summed E-state index contributed by atoms with van der Waals surface area (Å²) in [7, 11) is 0. The number of hydrogen-bond acceptors (Lipinski definition) is 5. The zero-order chi connectivity index (χ0) is 17.6. The van der Waals surface area contributed by atoms with Gasteiger partial charge >= 0.3 is 0 Å². The van der Waals surface area contributed by atoms with Crippen LogP contribution in [0.1, 0.15) is 32.2 Å². The van der Waals surface area contributed by atoms with E-state index in [0.717, 1.165) is 5.69 Å². The lowest BCUT2D eigenvalue weighted by atomic mass is 10.1. The molecule has 0 aliphatic rings. The highest BCUT2D eigenvalue weighted by Gasteiger charge is 2.11. The molecule has 0 unspecified atom stereocenters. The number of rotatable bonds is 5. The first kappa shape index (κ1) is 16.4. The van der Waals surface area contributed by atoms with E-state index >= 15 is 0 Å². The van der Waals surface area contributed by atoms with Gasteiger partial charge in [0.1, 0.15) is 5.76 Å². The summed E-state index contributed by atoms with van der Waals surface area (Å²) in [6, 6.07) is 13.5. The number of amides is 2. The van der Waals surface area contributed by atoms with Gasteiger partial charge in [0, 0.05) is 23.4 Å². The first-order valence-corrected chi connectivity index (χ1v) is 7.64. The van der Waals surface area contributed by atoms with Gasteiger partial charge in [0.15, 0.2) is 5.82 Å². The second-order valence-corrected chi connectivity index (χ2v) is 5.36. The molecule has 3 rings (SSSR count). The van der Waals surface area contributed by atoms with E-state index in [1.807, 2.05) is 18.2 Å². The van der Waals surface area contributed by atoms with Crippen LogP contribution in [0.4, 0.5) is 5.82 Å². The van der Waals surface area contributed by atoms with E-state index in [-0.39, 0.29) is 11.8 Å². The zero-order valence-corrected chi connectivity index (χ0v) is 13.5. The van der Waals surface area contributed by atoms with Crippen LogP contribution in [0.2, 0.25) is 0 Å². The molecule has 0 aliphatic carbocycles. The average molecular weight is 336 g/mol. The predicted molar refractivity (Wildman–Crippen MR) is 91.0 cm³/mol. The Morgan fingerprint density at radius 2 is 1.76 bits per heavy atom.